The molecule has 0 aliphatic carbocycles. The average Bonchev–Trinajstić information content (AvgIpc) is 0.739. The first kappa shape index (κ1) is 102. The minimum absolute atomic E-state index is 0.869. The van der Waals surface area contributed by atoms with Crippen LogP contribution in [0.3, 0.4) is 0 Å². The van der Waals surface area contributed by atoms with E-state index < -0.39 is 402 Å². The molecule has 32 N–H and O–H groups in total. The third-order valence-corrected chi connectivity index (χ3v) is 23.7. The summed E-state index contributed by atoms with van der Waals surface area (Å²) in [6, 6.07) is -4.24. The molecule has 11 fully saturated rings. The van der Waals surface area contributed by atoms with E-state index in [1.54, 1.807) is 0 Å². The second kappa shape index (κ2) is 43.9. The Balaban J connectivity index is 0.964. The van der Waals surface area contributed by atoms with Crippen LogP contribution in [-0.2, 0) is 109 Å². The lowest BCUT2D eigenvalue weighted by Gasteiger charge is -2.53. The summed E-state index contributed by atoms with van der Waals surface area (Å²) in [5.74, 6) is -2.12. The molecular formula is C70H118N2O53. The minimum Gasteiger partial charge on any atom is -0.394 e. The maximum atomic E-state index is 13.9. The third-order valence-electron chi connectivity index (χ3n) is 23.7. The van der Waals surface area contributed by atoms with Crippen molar-refractivity contribution in [2.45, 2.75) is 372 Å². The number of carbonyl (C=O) groups is 2. The number of amides is 2. The van der Waals surface area contributed by atoms with Crippen molar-refractivity contribution in [2.75, 3.05) is 52.9 Å². The lowest BCUT2D eigenvalue weighted by Crippen LogP contribution is -2.72. The molecule has 726 valence electrons. The van der Waals surface area contributed by atoms with Gasteiger partial charge in [-0.3, -0.25) is 9.59 Å². The monoisotopic (exact) mass is 1830 g/mol. The number of hydrogen-bond acceptors (Lipinski definition) is 53. The van der Waals surface area contributed by atoms with Gasteiger partial charge in [-0.1, -0.05) is 0 Å². The van der Waals surface area contributed by atoms with Crippen LogP contribution in [-0.4, -0.2) is 556 Å². The minimum atomic E-state index is -2.59. The number of carbonyl (C=O) groups excluding carboxylic acids is 2. The van der Waals surface area contributed by atoms with Crippen LogP contribution in [0.1, 0.15) is 34.6 Å². The number of rotatable bonds is 30. The number of nitrogens with one attached hydrogen (secondary N) is 2. The first-order valence-corrected chi connectivity index (χ1v) is 40.3. The molecule has 0 aromatic rings. The van der Waals surface area contributed by atoms with Gasteiger partial charge in [-0.25, -0.2) is 0 Å². The summed E-state index contributed by atoms with van der Waals surface area (Å²) in [6.45, 7) is -3.98. The highest BCUT2D eigenvalue weighted by Crippen LogP contribution is 2.43. The Bertz CT molecular complexity index is 3330. The van der Waals surface area contributed by atoms with Gasteiger partial charge in [0.25, 0.3) is 0 Å². The van der Waals surface area contributed by atoms with Gasteiger partial charge in [0.15, 0.2) is 69.2 Å². The van der Waals surface area contributed by atoms with Crippen molar-refractivity contribution in [1.29, 1.82) is 0 Å². The Kier molecular flexibility index (Phi) is 36.0. The van der Waals surface area contributed by atoms with Crippen LogP contribution in [0.25, 0.3) is 0 Å². The molecule has 125 heavy (non-hydrogen) atoms. The Labute approximate surface area is 707 Å². The topological polar surface area (TPSA) is 859 Å². The lowest BCUT2D eigenvalue weighted by atomic mass is 9.93. The molecule has 11 saturated heterocycles. The molecule has 55 atom stereocenters. The predicted molar refractivity (Wildman–Crippen MR) is 381 cm³/mol. The van der Waals surface area contributed by atoms with Crippen LogP contribution in [0.5, 0.6) is 0 Å². The molecule has 0 aromatic carbocycles. The third kappa shape index (κ3) is 21.8. The smallest absolute Gasteiger partial charge is 0.217 e. The summed E-state index contributed by atoms with van der Waals surface area (Å²) in [6.07, 6.45) is -112. The summed E-state index contributed by atoms with van der Waals surface area (Å²) in [5.41, 5.74) is 0. The predicted octanol–water partition coefficient (Wildman–Crippen LogP) is -21.6. The zero-order valence-electron chi connectivity index (χ0n) is 67.2. The first-order valence-electron chi connectivity index (χ1n) is 40.3. The van der Waals surface area contributed by atoms with E-state index in [0.29, 0.717) is 0 Å². The SMILES string of the molecule is CC(=O)N[C@H]1[C@H](OC[C@H]2O[C@@H](O[C@H]3[C@H](O)[C@@H](O)C(O)O[C@@H]3CO)[C@H](O)[C@@H](O[C@@H]3O[C@H](CO)[C@@H](O[C@@H]4O[C@H](CO)[C@H](O)[C@H](O[C@H]5O[C@H](CO)[C@H](O)[C@H](O)[C@H]5O)[C@H]4O[C@@H]4O[C@@H](C)[C@@H](O)[C@@H](O)[C@@H]4O)[C@H](O[C@@H]4O[C@@H](C)[C@@H](O)[C@@H](O)[C@@H]4O)[C@H]3NC(C)=O)[C@H]2O)O[C@H](CO)[C@@H](O[C@@H]2O[C@H](CO)[C@H](O)[C@H](O[C@H]3O[C@H](CO)[C@H](O)[C@H](O)[C@H]3O)[C@H]2O)[C@@H]1O[C@@H]1O[C@@H](C)[C@@H](O)[C@@H](O)[C@@H]1O. The molecular weight excluding hydrogens is 1720 g/mol. The average molecular weight is 1840 g/mol. The number of aliphatic hydroxyl groups excluding tert-OH is 30. The summed E-state index contributed by atoms with van der Waals surface area (Å²) in [4.78, 5) is 27.6. The van der Waals surface area contributed by atoms with E-state index in [1.165, 1.54) is 20.8 Å². The van der Waals surface area contributed by atoms with E-state index in [1.807, 2.05) is 0 Å². The molecule has 0 spiro atoms. The highest BCUT2D eigenvalue weighted by Gasteiger charge is 2.63. The van der Waals surface area contributed by atoms with Gasteiger partial charge in [-0.2, -0.15) is 0 Å². The van der Waals surface area contributed by atoms with Gasteiger partial charge in [0.1, 0.15) is 250 Å². The van der Waals surface area contributed by atoms with Gasteiger partial charge >= 0.3 is 0 Å². The highest BCUT2D eigenvalue weighted by molar-refractivity contribution is 5.73. The molecule has 55 heteroatoms. The van der Waals surface area contributed by atoms with Gasteiger partial charge in [0, 0.05) is 13.8 Å². The number of aliphatic hydroxyl groups is 30. The second-order valence-corrected chi connectivity index (χ2v) is 32.3. The van der Waals surface area contributed by atoms with E-state index in [-0.39, 0.29) is 0 Å². The maximum absolute atomic E-state index is 13.9. The van der Waals surface area contributed by atoms with Crippen molar-refractivity contribution in [3.63, 3.8) is 0 Å². The van der Waals surface area contributed by atoms with Crippen molar-refractivity contribution in [3.8, 4) is 0 Å². The fourth-order valence-electron chi connectivity index (χ4n) is 16.4. The van der Waals surface area contributed by atoms with E-state index in [4.69, 9.17) is 99.5 Å². The fourth-order valence-corrected chi connectivity index (χ4v) is 16.4. The molecule has 0 bridgehead atoms. The zero-order chi connectivity index (χ0) is 91.8. The lowest BCUT2D eigenvalue weighted by molar-refractivity contribution is -0.412. The summed E-state index contributed by atoms with van der Waals surface area (Å²) in [5, 5.41) is 339. The maximum Gasteiger partial charge on any atom is 0.217 e. The largest absolute Gasteiger partial charge is 0.394 e. The van der Waals surface area contributed by atoms with Crippen LogP contribution in [0, 0.1) is 0 Å². The van der Waals surface area contributed by atoms with Gasteiger partial charge in [0.2, 0.25) is 11.8 Å². The van der Waals surface area contributed by atoms with E-state index in [0.717, 1.165) is 13.8 Å². The Morgan fingerprint density at radius 2 is 0.488 bits per heavy atom. The van der Waals surface area contributed by atoms with Crippen molar-refractivity contribution in [2.24, 2.45) is 0 Å². The molecule has 11 heterocycles. The molecule has 1 unspecified atom stereocenters. The summed E-state index contributed by atoms with van der Waals surface area (Å²) in [7, 11) is 0. The molecule has 0 aromatic heterocycles. The Morgan fingerprint density at radius 3 is 0.888 bits per heavy atom. The quantitative estimate of drug-likeness (QED) is 0.0318. The normalized spacial score (nSPS) is 52.6. The van der Waals surface area contributed by atoms with Crippen molar-refractivity contribution >= 4 is 11.8 Å². The van der Waals surface area contributed by atoms with Crippen LogP contribution in [0.2, 0.25) is 0 Å². The van der Waals surface area contributed by atoms with Crippen LogP contribution < -0.4 is 10.6 Å². The highest BCUT2D eigenvalue weighted by atomic mass is 16.8. The zero-order valence-corrected chi connectivity index (χ0v) is 67.2. The molecule has 11 aliphatic rings. The van der Waals surface area contributed by atoms with E-state index >= 15 is 0 Å². The number of ether oxygens (including phenoxy) is 21. The standard InChI is InChI=1S/C70H118N2O53/c1-14-29(82)37(90)44(97)63(106-14)120-54-27(71-17(4)80)61(114-24(11-78)52(54)118-68-49(102)56(34(87)21(8-75)112-68)123-66-47(100)40(93)32(85)19(6-73)110-66)105-13-26-36(89)57(50(103)69(116-26)117-51-23(10-77)109-60(104)43(96)42(51)95)122-62-28(72-18(5)81)55(121-64-45(98)38(91)30(83)15(2)107-64)53(25(12-79)115-62)119-70-59(125-65-46(99)39(92)31(84)16(3)108-65)58(35(88)22(9-76)113-70)124-67-48(101)41(94)33(86)20(7-74)111-67/h14-16,19-70,73-79,82-104H,6-13H2,1-5H3,(H,71,80)(H,72,81)/t14-,15-,16-,19+,20+,21+,22+,23+,24+,25+,26+,27+,28+,29+,30+,31+,32-,33-,34-,35-,36-,37+,38+,39+,40-,41-,42+,43+,44-,45-,46-,47+,48+,49+,50+,51+,52+,53+,54+,55+,56-,57-,58-,59+,60?,61+,62-,63-,64-,65-,66+,67+,68-,69-,70-/m0/s1. The number of hydrogen-bond donors (Lipinski definition) is 32. The fraction of sp³-hybridized carbons (Fsp3) is 0.971. The summed E-state index contributed by atoms with van der Waals surface area (Å²) >= 11 is 0. The van der Waals surface area contributed by atoms with E-state index in [2.05, 4.69) is 10.6 Å². The van der Waals surface area contributed by atoms with Crippen molar-refractivity contribution < 1.29 is 262 Å². The summed E-state index contributed by atoms with van der Waals surface area (Å²) < 4.78 is 127. The Hall–Kier alpha value is -3.10. The van der Waals surface area contributed by atoms with Gasteiger partial charge < -0.3 is 263 Å². The molecule has 0 saturated carbocycles. The van der Waals surface area contributed by atoms with Gasteiger partial charge in [-0.15, -0.1) is 0 Å². The van der Waals surface area contributed by atoms with Crippen molar-refractivity contribution in [1.82, 2.24) is 10.6 Å². The van der Waals surface area contributed by atoms with Crippen LogP contribution in [0.4, 0.5) is 0 Å². The molecule has 2 amide bonds. The molecule has 11 aliphatic heterocycles. The second-order valence-electron chi connectivity index (χ2n) is 32.3. The van der Waals surface area contributed by atoms with E-state index in [9.17, 15) is 163 Å². The van der Waals surface area contributed by atoms with Crippen molar-refractivity contribution in [3.05, 3.63) is 0 Å². The Morgan fingerprint density at radius 1 is 0.224 bits per heavy atom. The van der Waals surface area contributed by atoms with Gasteiger partial charge in [0.05, 0.1) is 71.2 Å². The molecule has 55 nitrogen and oxygen atoms in total. The first-order chi connectivity index (χ1) is 59.1. The molecule has 0 radical (unpaired) electrons. The van der Waals surface area contributed by atoms with Crippen LogP contribution in [0.15, 0.2) is 0 Å². The molecule has 11 rings (SSSR count). The van der Waals surface area contributed by atoms with Gasteiger partial charge in [-0.05, 0) is 20.8 Å². The van der Waals surface area contributed by atoms with Crippen LogP contribution >= 0.6 is 0 Å².